The molecular weight excluding hydrogens is 377 g/mol. The Balaban J connectivity index is 1.76. The Kier molecular flexibility index (Phi) is 4.01. The molecule has 4 nitrogen and oxygen atoms in total. The van der Waals surface area contributed by atoms with E-state index in [1.54, 1.807) is 12.3 Å². The number of para-hydroxylation sites is 1. The molecule has 104 valence electrons. The van der Waals surface area contributed by atoms with Gasteiger partial charge in [-0.1, -0.05) is 30.3 Å². The first-order chi connectivity index (χ1) is 10.3. The molecular formula is C16H12IN3O. The summed E-state index contributed by atoms with van der Waals surface area (Å²) in [7, 11) is 0. The number of H-pyrrole nitrogens is 1. The second-order valence-electron chi connectivity index (χ2n) is 4.47. The highest BCUT2D eigenvalue weighted by Gasteiger charge is 2.07. The molecule has 0 saturated heterocycles. The molecule has 0 aliphatic rings. The van der Waals surface area contributed by atoms with Gasteiger partial charge in [-0.15, -0.1) is 0 Å². The van der Waals surface area contributed by atoms with Crippen molar-refractivity contribution >= 4 is 45.6 Å². The maximum absolute atomic E-state index is 12.0. The van der Waals surface area contributed by atoms with E-state index < -0.39 is 0 Å². The zero-order valence-corrected chi connectivity index (χ0v) is 13.2. The van der Waals surface area contributed by atoms with Crippen molar-refractivity contribution < 1.29 is 4.79 Å². The maximum Gasteiger partial charge on any atom is 0.272 e. The fourth-order valence-electron chi connectivity index (χ4n) is 2.07. The molecule has 2 aromatic carbocycles. The number of rotatable bonds is 3. The van der Waals surface area contributed by atoms with Gasteiger partial charge in [-0.2, -0.15) is 5.10 Å². The van der Waals surface area contributed by atoms with Crippen LogP contribution in [0.4, 0.5) is 0 Å². The van der Waals surface area contributed by atoms with Gasteiger partial charge in [0.2, 0.25) is 0 Å². The molecule has 0 saturated carbocycles. The average molecular weight is 389 g/mol. The predicted octanol–water partition coefficient (Wildman–Crippen LogP) is 3.54. The van der Waals surface area contributed by atoms with Crippen LogP contribution in [0.25, 0.3) is 10.9 Å². The third kappa shape index (κ3) is 2.97. The Labute approximate surface area is 135 Å². The third-order valence-corrected chi connectivity index (χ3v) is 4.05. The van der Waals surface area contributed by atoms with E-state index in [1.807, 2.05) is 48.7 Å². The number of hydrogen-bond acceptors (Lipinski definition) is 2. The quantitative estimate of drug-likeness (QED) is 0.402. The van der Waals surface area contributed by atoms with Crippen LogP contribution in [-0.2, 0) is 0 Å². The molecule has 5 heteroatoms. The summed E-state index contributed by atoms with van der Waals surface area (Å²) in [5, 5.41) is 5.11. The van der Waals surface area contributed by atoms with Crippen LogP contribution in [0.15, 0.2) is 59.8 Å². The van der Waals surface area contributed by atoms with Gasteiger partial charge in [0.05, 0.1) is 11.8 Å². The Hall–Kier alpha value is -2.15. The van der Waals surface area contributed by atoms with Crippen molar-refractivity contribution in [2.45, 2.75) is 0 Å². The number of nitrogens with one attached hydrogen (secondary N) is 2. The average Bonchev–Trinajstić information content (AvgIpc) is 2.91. The van der Waals surface area contributed by atoms with Crippen molar-refractivity contribution in [1.82, 2.24) is 10.4 Å². The van der Waals surface area contributed by atoms with Crippen molar-refractivity contribution in [3.8, 4) is 0 Å². The summed E-state index contributed by atoms with van der Waals surface area (Å²) in [4.78, 5) is 15.2. The van der Waals surface area contributed by atoms with E-state index in [-0.39, 0.29) is 5.91 Å². The lowest BCUT2D eigenvalue weighted by Gasteiger charge is -2.01. The normalized spacial score (nSPS) is 11.1. The van der Waals surface area contributed by atoms with Crippen molar-refractivity contribution in [3.63, 3.8) is 0 Å². The molecule has 1 amide bonds. The summed E-state index contributed by atoms with van der Waals surface area (Å²) in [5.41, 5.74) is 5.16. The summed E-state index contributed by atoms with van der Waals surface area (Å²) < 4.78 is 0.898. The van der Waals surface area contributed by atoms with Gasteiger partial charge >= 0.3 is 0 Å². The Morgan fingerprint density at radius 2 is 1.90 bits per heavy atom. The monoisotopic (exact) mass is 389 g/mol. The maximum atomic E-state index is 12.0. The highest BCUT2D eigenvalue weighted by atomic mass is 127. The molecule has 0 aliphatic heterocycles. The number of carbonyl (C=O) groups excluding carboxylic acids is 1. The third-order valence-electron chi connectivity index (χ3n) is 3.11. The topological polar surface area (TPSA) is 57.2 Å². The molecule has 0 atom stereocenters. The molecule has 0 bridgehead atoms. The van der Waals surface area contributed by atoms with Crippen LogP contribution in [0.2, 0.25) is 0 Å². The standard InChI is InChI=1S/C16H12IN3O/c17-14-7-3-1-6-13(14)16(21)20-19-10-11-9-18-15-8-4-2-5-12(11)15/h1-10,18H,(H,20,21)/b19-10-. The summed E-state index contributed by atoms with van der Waals surface area (Å²) in [6.45, 7) is 0. The molecule has 0 unspecified atom stereocenters. The molecule has 0 radical (unpaired) electrons. The first-order valence-electron chi connectivity index (χ1n) is 6.40. The molecule has 0 aliphatic carbocycles. The minimum atomic E-state index is -0.212. The van der Waals surface area contributed by atoms with Crippen molar-refractivity contribution in [2.75, 3.05) is 0 Å². The number of hydrogen-bond donors (Lipinski definition) is 2. The second-order valence-corrected chi connectivity index (χ2v) is 5.63. The lowest BCUT2D eigenvalue weighted by atomic mass is 10.2. The number of aromatic nitrogens is 1. The molecule has 0 fully saturated rings. The van der Waals surface area contributed by atoms with Crippen molar-refractivity contribution in [3.05, 3.63) is 69.4 Å². The highest BCUT2D eigenvalue weighted by Crippen LogP contribution is 2.15. The number of hydrazone groups is 1. The summed E-state index contributed by atoms with van der Waals surface area (Å²) in [5.74, 6) is -0.212. The molecule has 21 heavy (non-hydrogen) atoms. The van der Waals surface area contributed by atoms with E-state index in [2.05, 4.69) is 38.1 Å². The Bertz CT molecular complexity index is 823. The first-order valence-corrected chi connectivity index (χ1v) is 7.47. The van der Waals surface area contributed by atoms with Gasteiger partial charge in [-0.3, -0.25) is 4.79 Å². The van der Waals surface area contributed by atoms with Gasteiger partial charge in [0.25, 0.3) is 5.91 Å². The largest absolute Gasteiger partial charge is 0.361 e. The smallest absolute Gasteiger partial charge is 0.272 e. The predicted molar refractivity (Wildman–Crippen MR) is 92.5 cm³/mol. The Morgan fingerprint density at radius 1 is 1.14 bits per heavy atom. The van der Waals surface area contributed by atoms with Crippen LogP contribution in [0.1, 0.15) is 15.9 Å². The van der Waals surface area contributed by atoms with Crippen LogP contribution in [-0.4, -0.2) is 17.1 Å². The van der Waals surface area contributed by atoms with Gasteiger partial charge < -0.3 is 4.98 Å². The Morgan fingerprint density at radius 3 is 2.76 bits per heavy atom. The first kappa shape index (κ1) is 13.8. The fourth-order valence-corrected chi connectivity index (χ4v) is 2.70. The van der Waals surface area contributed by atoms with Crippen LogP contribution in [0, 0.1) is 3.57 Å². The minimum absolute atomic E-state index is 0.212. The molecule has 0 spiro atoms. The number of carbonyl (C=O) groups is 1. The number of benzene rings is 2. The zero-order valence-electron chi connectivity index (χ0n) is 11.0. The van der Waals surface area contributed by atoms with E-state index in [0.29, 0.717) is 5.56 Å². The van der Waals surface area contributed by atoms with Crippen molar-refractivity contribution in [1.29, 1.82) is 0 Å². The van der Waals surface area contributed by atoms with E-state index in [4.69, 9.17) is 0 Å². The second kappa shape index (κ2) is 6.09. The lowest BCUT2D eigenvalue weighted by molar-refractivity contribution is 0.0954. The SMILES string of the molecule is O=C(N/N=C\c1c[nH]c2ccccc12)c1ccccc1I. The van der Waals surface area contributed by atoms with Crippen LogP contribution >= 0.6 is 22.6 Å². The van der Waals surface area contributed by atoms with E-state index >= 15 is 0 Å². The molecule has 3 rings (SSSR count). The lowest BCUT2D eigenvalue weighted by Crippen LogP contribution is -2.18. The molecule has 1 heterocycles. The highest BCUT2D eigenvalue weighted by molar-refractivity contribution is 14.1. The number of halogens is 1. The number of fused-ring (bicyclic) bond motifs is 1. The van der Waals surface area contributed by atoms with Crippen LogP contribution < -0.4 is 5.43 Å². The van der Waals surface area contributed by atoms with E-state index in [0.717, 1.165) is 20.0 Å². The molecule has 2 N–H and O–H groups in total. The summed E-state index contributed by atoms with van der Waals surface area (Å²) in [6.07, 6.45) is 3.51. The summed E-state index contributed by atoms with van der Waals surface area (Å²) >= 11 is 2.13. The number of aromatic amines is 1. The van der Waals surface area contributed by atoms with Crippen LogP contribution in [0.5, 0.6) is 0 Å². The zero-order chi connectivity index (χ0) is 14.7. The van der Waals surface area contributed by atoms with Gasteiger partial charge in [-0.05, 0) is 40.8 Å². The number of nitrogens with zero attached hydrogens (tertiary/aromatic N) is 1. The van der Waals surface area contributed by atoms with Crippen LogP contribution in [0.3, 0.4) is 0 Å². The van der Waals surface area contributed by atoms with E-state index in [1.165, 1.54) is 0 Å². The molecule has 1 aromatic heterocycles. The molecule has 3 aromatic rings. The van der Waals surface area contributed by atoms with Gasteiger partial charge in [-0.25, -0.2) is 5.43 Å². The minimum Gasteiger partial charge on any atom is -0.361 e. The van der Waals surface area contributed by atoms with E-state index in [9.17, 15) is 4.79 Å². The van der Waals surface area contributed by atoms with Gasteiger partial charge in [0, 0.05) is 26.2 Å². The fraction of sp³-hybridized carbons (Fsp3) is 0. The van der Waals surface area contributed by atoms with Gasteiger partial charge in [0.15, 0.2) is 0 Å². The summed E-state index contributed by atoms with van der Waals surface area (Å²) in [6, 6.07) is 15.3. The van der Waals surface area contributed by atoms with Crippen molar-refractivity contribution in [2.24, 2.45) is 5.10 Å². The van der Waals surface area contributed by atoms with Gasteiger partial charge in [0.1, 0.15) is 0 Å². The number of amides is 1.